The minimum absolute atomic E-state index is 0.00444. The number of carbonyl (C=O) groups excluding carboxylic acids is 1. The molecule has 128 valence electrons. The average molecular weight is 388 g/mol. The van der Waals surface area contributed by atoms with Gasteiger partial charge in [-0.25, -0.2) is 17.7 Å². The van der Waals surface area contributed by atoms with Gasteiger partial charge in [0.2, 0.25) is 10.0 Å². The van der Waals surface area contributed by atoms with Crippen LogP contribution in [0.4, 0.5) is 0 Å². The molecule has 1 heterocycles. The highest BCUT2D eigenvalue weighted by Gasteiger charge is 2.20. The number of halogens is 2. The standard InChI is InChI=1S/C15H15Cl2N3O3S/c1-20(2)24(22,23)11-4-5-13(16)12(7-11)15(21)19-9-10-3-6-14(17)18-8-10/h3-8H,9H2,1-2H3,(H,19,21). The smallest absolute Gasteiger partial charge is 0.253 e. The fraction of sp³-hybridized carbons (Fsp3) is 0.200. The molecule has 0 aliphatic carbocycles. The lowest BCUT2D eigenvalue weighted by atomic mass is 10.2. The Morgan fingerprint density at radius 1 is 1.21 bits per heavy atom. The highest BCUT2D eigenvalue weighted by atomic mass is 35.5. The number of amides is 1. The predicted octanol–water partition coefficient (Wildman–Crippen LogP) is 2.57. The lowest BCUT2D eigenvalue weighted by Gasteiger charge is -2.13. The Morgan fingerprint density at radius 3 is 2.50 bits per heavy atom. The predicted molar refractivity (Wildman–Crippen MR) is 92.7 cm³/mol. The fourth-order valence-corrected chi connectivity index (χ4v) is 3.08. The molecule has 0 spiro atoms. The van der Waals surface area contributed by atoms with Crippen molar-refractivity contribution in [2.45, 2.75) is 11.4 Å². The van der Waals surface area contributed by atoms with Crippen molar-refractivity contribution in [3.63, 3.8) is 0 Å². The van der Waals surface area contributed by atoms with Gasteiger partial charge in [0, 0.05) is 26.8 Å². The van der Waals surface area contributed by atoms with Crippen LogP contribution in [0.3, 0.4) is 0 Å². The molecule has 0 bridgehead atoms. The van der Waals surface area contributed by atoms with Crippen LogP contribution >= 0.6 is 23.2 Å². The summed E-state index contributed by atoms with van der Waals surface area (Å²) in [4.78, 5) is 16.2. The molecule has 0 radical (unpaired) electrons. The Balaban J connectivity index is 2.21. The van der Waals surface area contributed by atoms with E-state index in [9.17, 15) is 13.2 Å². The molecular weight excluding hydrogens is 373 g/mol. The van der Waals surface area contributed by atoms with Crippen molar-refractivity contribution in [1.82, 2.24) is 14.6 Å². The average Bonchev–Trinajstić information content (AvgIpc) is 2.54. The molecule has 0 aliphatic heterocycles. The molecule has 1 aromatic heterocycles. The monoisotopic (exact) mass is 387 g/mol. The van der Waals surface area contributed by atoms with Crippen LogP contribution in [0.1, 0.15) is 15.9 Å². The van der Waals surface area contributed by atoms with E-state index < -0.39 is 15.9 Å². The Bertz CT molecular complexity index is 853. The fourth-order valence-electron chi connectivity index (χ4n) is 1.84. The Hall–Kier alpha value is -1.67. The maximum absolute atomic E-state index is 12.3. The van der Waals surface area contributed by atoms with Gasteiger partial charge in [0.1, 0.15) is 5.15 Å². The summed E-state index contributed by atoms with van der Waals surface area (Å²) in [6.07, 6.45) is 1.54. The molecule has 1 amide bonds. The van der Waals surface area contributed by atoms with Gasteiger partial charge in [0.15, 0.2) is 0 Å². The van der Waals surface area contributed by atoms with Gasteiger partial charge < -0.3 is 5.32 Å². The van der Waals surface area contributed by atoms with E-state index >= 15 is 0 Å². The molecule has 9 heteroatoms. The van der Waals surface area contributed by atoms with Gasteiger partial charge in [-0.2, -0.15) is 0 Å². The number of pyridine rings is 1. The second-order valence-electron chi connectivity index (χ2n) is 5.10. The van der Waals surface area contributed by atoms with Gasteiger partial charge in [0.05, 0.1) is 15.5 Å². The maximum Gasteiger partial charge on any atom is 0.253 e. The van der Waals surface area contributed by atoms with Crippen molar-refractivity contribution in [2.24, 2.45) is 0 Å². The van der Waals surface area contributed by atoms with Crippen LogP contribution in [-0.2, 0) is 16.6 Å². The topological polar surface area (TPSA) is 79.4 Å². The van der Waals surface area contributed by atoms with E-state index in [1.165, 1.54) is 38.5 Å². The molecule has 1 N–H and O–H groups in total. The Kier molecular flexibility index (Phi) is 5.82. The van der Waals surface area contributed by atoms with E-state index in [4.69, 9.17) is 23.2 Å². The molecule has 0 saturated carbocycles. The van der Waals surface area contributed by atoms with E-state index in [2.05, 4.69) is 10.3 Å². The first-order valence-electron chi connectivity index (χ1n) is 6.82. The lowest BCUT2D eigenvalue weighted by molar-refractivity contribution is 0.0951. The molecule has 2 aromatic rings. The first-order chi connectivity index (χ1) is 11.2. The van der Waals surface area contributed by atoms with Crippen LogP contribution in [-0.4, -0.2) is 37.7 Å². The van der Waals surface area contributed by atoms with Gasteiger partial charge in [-0.3, -0.25) is 4.79 Å². The number of benzene rings is 1. The number of nitrogens with zero attached hydrogens (tertiary/aromatic N) is 2. The van der Waals surface area contributed by atoms with Crippen molar-refractivity contribution >= 4 is 39.1 Å². The van der Waals surface area contributed by atoms with Gasteiger partial charge in [-0.15, -0.1) is 0 Å². The normalized spacial score (nSPS) is 11.5. The van der Waals surface area contributed by atoms with Gasteiger partial charge in [0.25, 0.3) is 5.91 Å². The van der Waals surface area contributed by atoms with Crippen LogP contribution < -0.4 is 5.32 Å². The molecular formula is C15H15Cl2N3O3S. The quantitative estimate of drug-likeness (QED) is 0.799. The number of nitrogens with one attached hydrogen (secondary N) is 1. The third-order valence-corrected chi connectivity index (χ3v) is 5.57. The first kappa shape index (κ1) is 18.7. The number of carbonyl (C=O) groups is 1. The van der Waals surface area contributed by atoms with E-state index in [-0.39, 0.29) is 22.0 Å². The third kappa shape index (κ3) is 4.24. The van der Waals surface area contributed by atoms with Gasteiger partial charge in [-0.1, -0.05) is 29.3 Å². The number of aromatic nitrogens is 1. The molecule has 0 unspecified atom stereocenters. The van der Waals surface area contributed by atoms with Crippen LogP contribution in [0.15, 0.2) is 41.4 Å². The molecule has 6 nitrogen and oxygen atoms in total. The molecule has 1 aromatic carbocycles. The third-order valence-electron chi connectivity index (χ3n) is 3.20. The minimum atomic E-state index is -3.65. The summed E-state index contributed by atoms with van der Waals surface area (Å²) >= 11 is 11.7. The zero-order valence-corrected chi connectivity index (χ0v) is 15.3. The van der Waals surface area contributed by atoms with Crippen LogP contribution in [0.2, 0.25) is 10.2 Å². The number of hydrogen-bond donors (Lipinski definition) is 1. The molecule has 0 atom stereocenters. The zero-order valence-electron chi connectivity index (χ0n) is 13.0. The van der Waals surface area contributed by atoms with E-state index in [0.29, 0.717) is 5.15 Å². The Labute approximate surface area is 150 Å². The summed E-state index contributed by atoms with van der Waals surface area (Å²) in [5.41, 5.74) is 0.836. The second kappa shape index (κ2) is 7.48. The van der Waals surface area contributed by atoms with Crippen LogP contribution in [0, 0.1) is 0 Å². The SMILES string of the molecule is CN(C)S(=O)(=O)c1ccc(Cl)c(C(=O)NCc2ccc(Cl)nc2)c1. The number of rotatable bonds is 5. The summed E-state index contributed by atoms with van der Waals surface area (Å²) in [5, 5.41) is 3.19. The van der Waals surface area contributed by atoms with Crippen molar-refractivity contribution in [3.05, 3.63) is 57.8 Å². The van der Waals surface area contributed by atoms with E-state index in [1.807, 2.05) is 0 Å². The van der Waals surface area contributed by atoms with Crippen LogP contribution in [0.25, 0.3) is 0 Å². The van der Waals surface area contributed by atoms with Crippen molar-refractivity contribution in [3.8, 4) is 0 Å². The summed E-state index contributed by atoms with van der Waals surface area (Å²) in [6.45, 7) is 0.212. The van der Waals surface area contributed by atoms with Gasteiger partial charge >= 0.3 is 0 Å². The molecule has 0 fully saturated rings. The van der Waals surface area contributed by atoms with E-state index in [1.54, 1.807) is 12.1 Å². The van der Waals surface area contributed by atoms with Crippen molar-refractivity contribution in [2.75, 3.05) is 14.1 Å². The largest absolute Gasteiger partial charge is 0.348 e. The number of sulfonamides is 1. The van der Waals surface area contributed by atoms with Crippen LogP contribution in [0.5, 0.6) is 0 Å². The molecule has 24 heavy (non-hydrogen) atoms. The molecule has 2 rings (SSSR count). The summed E-state index contributed by atoms with van der Waals surface area (Å²) in [6, 6.07) is 7.34. The van der Waals surface area contributed by atoms with Crippen molar-refractivity contribution < 1.29 is 13.2 Å². The minimum Gasteiger partial charge on any atom is -0.348 e. The summed E-state index contributed by atoms with van der Waals surface area (Å²) in [7, 11) is -0.824. The summed E-state index contributed by atoms with van der Waals surface area (Å²) in [5.74, 6) is -0.481. The number of hydrogen-bond acceptors (Lipinski definition) is 4. The Morgan fingerprint density at radius 2 is 1.92 bits per heavy atom. The van der Waals surface area contributed by atoms with Crippen molar-refractivity contribution in [1.29, 1.82) is 0 Å². The lowest BCUT2D eigenvalue weighted by Crippen LogP contribution is -2.25. The zero-order chi connectivity index (χ0) is 17.9. The second-order valence-corrected chi connectivity index (χ2v) is 8.05. The summed E-state index contributed by atoms with van der Waals surface area (Å²) < 4.78 is 25.4. The highest BCUT2D eigenvalue weighted by Crippen LogP contribution is 2.22. The molecule has 0 aliphatic rings. The maximum atomic E-state index is 12.3. The highest BCUT2D eigenvalue weighted by molar-refractivity contribution is 7.89. The molecule has 0 saturated heterocycles. The van der Waals surface area contributed by atoms with Gasteiger partial charge in [-0.05, 0) is 29.8 Å². The van der Waals surface area contributed by atoms with E-state index in [0.717, 1.165) is 9.87 Å². The first-order valence-corrected chi connectivity index (χ1v) is 9.02.